The Balaban J connectivity index is -0.0000000400. The molecule has 0 radical (unpaired) electrons. The van der Waals surface area contributed by atoms with Crippen molar-refractivity contribution in [3.05, 3.63) is 0 Å². The van der Waals surface area contributed by atoms with Gasteiger partial charge in [0.15, 0.2) is 0 Å². The molecule has 0 saturated heterocycles. The van der Waals surface area contributed by atoms with Gasteiger partial charge < -0.3 is 0 Å². The van der Waals surface area contributed by atoms with E-state index in [1.165, 1.54) is 0 Å². The molecule has 0 aromatic rings. The molecule has 0 aliphatic carbocycles. The minimum Gasteiger partial charge on any atom is 3.00 e. The third-order valence-corrected chi connectivity index (χ3v) is 0. The topological polar surface area (TPSA) is 241 Å². The van der Waals surface area contributed by atoms with Crippen molar-refractivity contribution in [3.63, 3.8) is 0 Å². The van der Waals surface area contributed by atoms with E-state index in [1.807, 2.05) is 0 Å². The van der Waals surface area contributed by atoms with Gasteiger partial charge >= 0.3 is 165 Å². The van der Waals surface area contributed by atoms with Crippen molar-refractivity contribution in [1.29, 1.82) is 0 Å². The average molecular weight is 637 g/mol. The van der Waals surface area contributed by atoms with Crippen molar-refractivity contribution in [1.82, 2.24) is 0 Å². The van der Waals surface area contributed by atoms with Gasteiger partial charge in [-0.05, 0) is 0 Å². The summed E-state index contributed by atoms with van der Waals surface area (Å²) in [4.78, 5) is 0. The third-order valence-electron chi connectivity index (χ3n) is 0. The van der Waals surface area contributed by atoms with Gasteiger partial charge in [0.05, 0.1) is 0 Å². The third kappa shape index (κ3) is 725. The van der Waals surface area contributed by atoms with Crippen LogP contribution in [0.2, 0.25) is 0 Å². The van der Waals surface area contributed by atoms with Gasteiger partial charge in [-0.2, -0.15) is 0 Å². The standard InChI is InChI=1S/La.3Mn.12O.Pr/q+3;;;;;;;;;;6*-1;+3. The van der Waals surface area contributed by atoms with E-state index in [1.54, 1.807) is 0 Å². The van der Waals surface area contributed by atoms with E-state index in [9.17, 15) is 0 Å². The predicted molar refractivity (Wildman–Crippen MR) is 4.12 cm³/mol. The van der Waals surface area contributed by atoms with Crippen LogP contribution in [0.4, 0.5) is 0 Å². The Hall–Kier alpha value is 2.68. The smallest absolute Gasteiger partial charge is 3.00 e. The summed E-state index contributed by atoms with van der Waals surface area (Å²) < 4.78 is 103. The zero-order valence-electron chi connectivity index (χ0n) is 7.19. The summed E-state index contributed by atoms with van der Waals surface area (Å²) in [6.07, 6.45) is 0. The van der Waals surface area contributed by atoms with E-state index in [2.05, 4.69) is 0 Å². The van der Waals surface area contributed by atoms with E-state index < -0.39 is 40.1 Å². The van der Waals surface area contributed by atoms with Crippen molar-refractivity contribution < 1.29 is 165 Å². The molecule has 0 aromatic carbocycles. The molecule has 0 bridgehead atoms. The molecule has 0 saturated carbocycles. The zero-order chi connectivity index (χ0) is 13.5. The summed E-state index contributed by atoms with van der Waals surface area (Å²) >= 11 is -16.9. The van der Waals surface area contributed by atoms with E-state index >= 15 is 0 Å². The maximum atomic E-state index is 8.58. The Kier molecular flexibility index (Phi) is 25.6. The Morgan fingerprint density at radius 2 is 0.471 bits per heavy atom. The molecule has 0 spiro atoms. The van der Waals surface area contributed by atoms with Crippen LogP contribution in [0.25, 0.3) is 0 Å². The molecule has 17 heteroatoms. The van der Waals surface area contributed by atoms with E-state index in [4.69, 9.17) is 48.1 Å². The minimum atomic E-state index is -5.62. The SMILES string of the molecule is [La+3].[O]=[Mn](=[O])([O-])[O-].[O]=[Mn](=[O])([O-])[O-].[O]=[Mn](=[O])([O-])[O-].[Pr+3]. The molecule has 12 nitrogen and oxygen atoms in total. The number of rotatable bonds is 0. The monoisotopic (exact) mass is 637 g/mol. The quantitative estimate of drug-likeness (QED) is 0.225. The van der Waals surface area contributed by atoms with E-state index in [-0.39, 0.29) is 76.9 Å². The van der Waals surface area contributed by atoms with Crippen LogP contribution in [-0.2, 0) is 63.1 Å². The maximum Gasteiger partial charge on any atom is 3.00 e. The van der Waals surface area contributed by atoms with Gasteiger partial charge in [0.1, 0.15) is 0 Å². The van der Waals surface area contributed by atoms with Gasteiger partial charge in [0, 0.05) is 0 Å². The second-order valence-electron chi connectivity index (χ2n) is 1.13. The molecule has 17 heavy (non-hydrogen) atoms. The molecule has 0 aromatic heterocycles. The Morgan fingerprint density at radius 3 is 0.471 bits per heavy atom. The zero-order valence-corrected chi connectivity index (χ0v) is 18.1. The van der Waals surface area contributed by atoms with E-state index in [0.29, 0.717) is 0 Å². The summed E-state index contributed by atoms with van der Waals surface area (Å²) in [5, 5.41) is 0. The van der Waals surface area contributed by atoms with Gasteiger partial charge in [-0.1, -0.05) is 0 Å². The molecule has 0 atom stereocenters. The molecule has 0 heterocycles. The van der Waals surface area contributed by atoms with Gasteiger partial charge in [-0.3, -0.25) is 0 Å². The molecular weight excluding hydrogens is 637 g/mol. The largest absolute Gasteiger partial charge is 3.00 e. The van der Waals surface area contributed by atoms with Crippen molar-refractivity contribution in [3.8, 4) is 0 Å². The first kappa shape index (κ1) is 31.9. The van der Waals surface area contributed by atoms with Gasteiger partial charge in [0.25, 0.3) is 0 Å². The van der Waals surface area contributed by atoms with Crippen LogP contribution < -0.4 is 25.1 Å². The fourth-order valence-electron chi connectivity index (χ4n) is 0. The van der Waals surface area contributed by atoms with Crippen LogP contribution in [0.5, 0.6) is 0 Å². The van der Waals surface area contributed by atoms with E-state index in [0.717, 1.165) is 0 Å². The second kappa shape index (κ2) is 13.7. The fourth-order valence-corrected chi connectivity index (χ4v) is 0. The van der Waals surface area contributed by atoms with Crippen molar-refractivity contribution >= 4 is 0 Å². The predicted octanol–water partition coefficient (Wildman–Crippen LogP) is -7.85. The Labute approximate surface area is 162 Å². The fraction of sp³-hybridized carbons (Fsp3) is 0. The molecule has 0 aliphatic heterocycles. The molecule has 0 aliphatic rings. The van der Waals surface area contributed by atoms with Gasteiger partial charge in [-0.15, -0.1) is 0 Å². The van der Waals surface area contributed by atoms with Gasteiger partial charge in [-0.25, -0.2) is 0 Å². The average Bonchev–Trinajstić information content (AvgIpc) is 1.41. The molecular formula is LaMn3O12Pr. The minimum absolute atomic E-state index is 0. The van der Waals surface area contributed by atoms with Crippen molar-refractivity contribution in [2.24, 2.45) is 0 Å². The number of hydrogen-bond acceptors (Lipinski definition) is 12. The molecule has 0 fully saturated rings. The first-order valence-electron chi connectivity index (χ1n) is 1.85. The summed E-state index contributed by atoms with van der Waals surface area (Å²) in [5.74, 6) is 0. The van der Waals surface area contributed by atoms with Crippen LogP contribution in [-0.4, -0.2) is 0 Å². The number of hydrogen-bond donors (Lipinski definition) is 0. The van der Waals surface area contributed by atoms with Crippen molar-refractivity contribution in [2.75, 3.05) is 0 Å². The Bertz CT molecular complexity index is 343. The van der Waals surface area contributed by atoms with Crippen LogP contribution >= 0.6 is 0 Å². The second-order valence-corrected chi connectivity index (χ2v) is 4.68. The molecule has 0 unspecified atom stereocenters. The maximum absolute atomic E-state index is 8.58. The first-order valence-corrected chi connectivity index (χ1v) is 7.63. The normalized spacial score (nSPS) is 10.2. The summed E-state index contributed by atoms with van der Waals surface area (Å²) in [6, 6.07) is 0. The van der Waals surface area contributed by atoms with Crippen LogP contribution in [0.3, 0.4) is 0 Å². The molecule has 0 amide bonds. The summed E-state index contributed by atoms with van der Waals surface area (Å²) in [7, 11) is 0. The first-order chi connectivity index (χ1) is 6.00. The summed E-state index contributed by atoms with van der Waals surface area (Å²) in [5.41, 5.74) is 0. The van der Waals surface area contributed by atoms with Gasteiger partial charge in [0.2, 0.25) is 0 Å². The van der Waals surface area contributed by atoms with Crippen LogP contribution in [0.15, 0.2) is 0 Å². The van der Waals surface area contributed by atoms with Crippen LogP contribution in [0, 0.1) is 76.9 Å². The molecule has 0 N–H and O–H groups in total. The molecule has 99 valence electrons. The van der Waals surface area contributed by atoms with Crippen molar-refractivity contribution in [2.45, 2.75) is 0 Å². The molecule has 0 rings (SSSR count). The van der Waals surface area contributed by atoms with Crippen LogP contribution in [0.1, 0.15) is 0 Å². The Morgan fingerprint density at radius 1 is 0.471 bits per heavy atom. The summed E-state index contributed by atoms with van der Waals surface area (Å²) in [6.45, 7) is 0.